The molecule has 1 fully saturated rings. The molecule has 1 N–H and O–H groups in total. The van der Waals surface area contributed by atoms with E-state index in [2.05, 4.69) is 5.32 Å². The second-order valence-corrected chi connectivity index (χ2v) is 9.92. The number of benzene rings is 2. The van der Waals surface area contributed by atoms with Crippen LogP contribution < -0.4 is 10.1 Å². The first-order valence-corrected chi connectivity index (χ1v) is 12.1. The van der Waals surface area contributed by atoms with Gasteiger partial charge in [0.25, 0.3) is 0 Å². The van der Waals surface area contributed by atoms with Crippen LogP contribution in [0.1, 0.15) is 25.3 Å². The fourth-order valence-corrected chi connectivity index (χ4v) is 5.62. The van der Waals surface area contributed by atoms with E-state index in [1.807, 2.05) is 19.1 Å². The lowest BCUT2D eigenvalue weighted by Gasteiger charge is -2.31. The number of para-hydroxylation sites is 2. The Morgan fingerprint density at radius 3 is 2.73 bits per heavy atom. The molecule has 1 heterocycles. The van der Waals surface area contributed by atoms with E-state index in [9.17, 15) is 13.2 Å². The standard InChI is InChI=1S/C21H24Cl2N2O4S/c1-2-29-20-8-4-3-7-19(20)24-21(26)15-6-5-11-25(13-15)30(27,28)14-16-9-10-17(22)12-18(16)23/h3-4,7-10,12,15H,2,5-6,11,13-14H2,1H3,(H,24,26). The van der Waals surface area contributed by atoms with E-state index in [1.54, 1.807) is 24.3 Å². The number of piperidine rings is 1. The average Bonchev–Trinajstić information content (AvgIpc) is 2.72. The number of hydrogen-bond donors (Lipinski definition) is 1. The normalized spacial score (nSPS) is 17.5. The number of nitrogens with zero attached hydrogens (tertiary/aromatic N) is 1. The first kappa shape index (κ1) is 22.9. The van der Waals surface area contributed by atoms with Gasteiger partial charge in [0.2, 0.25) is 15.9 Å². The summed E-state index contributed by atoms with van der Waals surface area (Å²) in [7, 11) is -3.63. The SMILES string of the molecule is CCOc1ccccc1NC(=O)C1CCCN(S(=O)(=O)Cc2ccc(Cl)cc2Cl)C1. The van der Waals surface area contributed by atoms with Crippen LogP contribution in [0.25, 0.3) is 0 Å². The van der Waals surface area contributed by atoms with Crippen molar-refractivity contribution >= 4 is 44.8 Å². The molecule has 2 aromatic rings. The molecule has 9 heteroatoms. The van der Waals surface area contributed by atoms with Crippen LogP contribution >= 0.6 is 23.2 Å². The molecule has 30 heavy (non-hydrogen) atoms. The van der Waals surface area contributed by atoms with Crippen molar-refractivity contribution in [2.24, 2.45) is 5.92 Å². The lowest BCUT2D eigenvalue weighted by Crippen LogP contribution is -2.44. The number of halogens is 2. The number of nitrogens with one attached hydrogen (secondary N) is 1. The third kappa shape index (κ3) is 5.66. The van der Waals surface area contributed by atoms with E-state index in [0.717, 1.165) is 0 Å². The summed E-state index contributed by atoms with van der Waals surface area (Å²) in [6, 6.07) is 11.9. The molecule has 0 aliphatic carbocycles. The molecule has 2 aromatic carbocycles. The van der Waals surface area contributed by atoms with Crippen LogP contribution in [0, 0.1) is 5.92 Å². The maximum absolute atomic E-state index is 12.9. The van der Waals surface area contributed by atoms with Gasteiger partial charge < -0.3 is 10.1 Å². The molecule has 0 bridgehead atoms. The van der Waals surface area contributed by atoms with Crippen LogP contribution in [0.3, 0.4) is 0 Å². The van der Waals surface area contributed by atoms with Gasteiger partial charge in [-0.1, -0.05) is 41.4 Å². The van der Waals surface area contributed by atoms with Crippen LogP contribution in [0.2, 0.25) is 10.0 Å². The highest BCUT2D eigenvalue weighted by Gasteiger charge is 2.33. The molecule has 1 aliphatic rings. The number of sulfonamides is 1. The smallest absolute Gasteiger partial charge is 0.228 e. The minimum Gasteiger partial charge on any atom is -0.492 e. The van der Waals surface area contributed by atoms with E-state index in [4.69, 9.17) is 27.9 Å². The van der Waals surface area contributed by atoms with Gasteiger partial charge >= 0.3 is 0 Å². The van der Waals surface area contributed by atoms with Crippen LogP contribution in [0.5, 0.6) is 5.75 Å². The summed E-state index contributed by atoms with van der Waals surface area (Å²) in [5, 5.41) is 3.64. The quantitative estimate of drug-likeness (QED) is 0.642. The number of hydrogen-bond acceptors (Lipinski definition) is 4. The van der Waals surface area contributed by atoms with Crippen molar-refractivity contribution in [3.63, 3.8) is 0 Å². The van der Waals surface area contributed by atoms with Gasteiger partial charge in [0.15, 0.2) is 0 Å². The molecule has 1 unspecified atom stereocenters. The maximum Gasteiger partial charge on any atom is 0.228 e. The molecule has 0 saturated carbocycles. The largest absolute Gasteiger partial charge is 0.492 e. The molecule has 3 rings (SSSR count). The summed E-state index contributed by atoms with van der Waals surface area (Å²) in [5.41, 5.74) is 1.07. The summed E-state index contributed by atoms with van der Waals surface area (Å²) in [6.45, 7) is 2.87. The summed E-state index contributed by atoms with van der Waals surface area (Å²) < 4.78 is 32.8. The zero-order chi connectivity index (χ0) is 21.7. The number of rotatable bonds is 7. The Kier molecular flexibility index (Phi) is 7.63. The van der Waals surface area contributed by atoms with Crippen molar-refractivity contribution in [2.75, 3.05) is 25.0 Å². The number of carbonyl (C=O) groups is 1. The Morgan fingerprint density at radius 1 is 1.23 bits per heavy atom. The predicted octanol–water partition coefficient (Wildman–Crippen LogP) is 4.57. The fraction of sp³-hybridized carbons (Fsp3) is 0.381. The molecule has 1 amide bonds. The van der Waals surface area contributed by atoms with Gasteiger partial charge in [-0.2, -0.15) is 0 Å². The topological polar surface area (TPSA) is 75.7 Å². The Balaban J connectivity index is 1.69. The summed E-state index contributed by atoms with van der Waals surface area (Å²) in [4.78, 5) is 12.8. The molecule has 0 spiro atoms. The lowest BCUT2D eigenvalue weighted by molar-refractivity contribution is -0.120. The van der Waals surface area contributed by atoms with E-state index in [-0.39, 0.29) is 18.2 Å². The van der Waals surface area contributed by atoms with E-state index < -0.39 is 15.9 Å². The number of amides is 1. The third-order valence-electron chi connectivity index (χ3n) is 4.95. The molecule has 1 atom stereocenters. The predicted molar refractivity (Wildman–Crippen MR) is 120 cm³/mol. The molecule has 0 radical (unpaired) electrons. The zero-order valence-corrected chi connectivity index (χ0v) is 18.9. The van der Waals surface area contributed by atoms with Gasteiger partial charge in [0, 0.05) is 23.1 Å². The number of carbonyl (C=O) groups excluding carboxylic acids is 1. The van der Waals surface area contributed by atoms with Crippen LogP contribution in [0.15, 0.2) is 42.5 Å². The van der Waals surface area contributed by atoms with Crippen molar-refractivity contribution in [2.45, 2.75) is 25.5 Å². The summed E-state index contributed by atoms with van der Waals surface area (Å²) in [5.74, 6) is -0.300. The van der Waals surface area contributed by atoms with Gasteiger partial charge in [-0.3, -0.25) is 4.79 Å². The number of anilines is 1. The highest BCUT2D eigenvalue weighted by molar-refractivity contribution is 7.88. The van der Waals surface area contributed by atoms with Crippen LogP contribution in [-0.2, 0) is 20.6 Å². The van der Waals surface area contributed by atoms with Crippen molar-refractivity contribution in [1.82, 2.24) is 4.31 Å². The monoisotopic (exact) mass is 470 g/mol. The molecule has 0 aromatic heterocycles. The van der Waals surface area contributed by atoms with Gasteiger partial charge in [0.1, 0.15) is 5.75 Å². The second-order valence-electron chi connectivity index (χ2n) is 7.11. The Labute approximate surface area is 187 Å². The van der Waals surface area contributed by atoms with Crippen LogP contribution in [0.4, 0.5) is 5.69 Å². The minimum atomic E-state index is -3.63. The van der Waals surface area contributed by atoms with Gasteiger partial charge in [-0.05, 0) is 49.6 Å². The number of ether oxygens (including phenoxy) is 1. The first-order valence-electron chi connectivity index (χ1n) is 9.74. The molecule has 162 valence electrons. The highest BCUT2D eigenvalue weighted by atomic mass is 35.5. The van der Waals surface area contributed by atoms with Gasteiger partial charge in [-0.15, -0.1) is 0 Å². The maximum atomic E-state index is 12.9. The Bertz CT molecular complexity index is 1010. The van der Waals surface area contributed by atoms with Crippen molar-refractivity contribution in [3.8, 4) is 5.75 Å². The lowest BCUT2D eigenvalue weighted by atomic mass is 9.98. The van der Waals surface area contributed by atoms with Gasteiger partial charge in [-0.25, -0.2) is 12.7 Å². The molecule has 1 saturated heterocycles. The van der Waals surface area contributed by atoms with Crippen molar-refractivity contribution in [3.05, 3.63) is 58.1 Å². The van der Waals surface area contributed by atoms with Gasteiger partial charge in [0.05, 0.1) is 24.0 Å². The van der Waals surface area contributed by atoms with E-state index in [1.165, 1.54) is 10.4 Å². The Morgan fingerprint density at radius 2 is 2.00 bits per heavy atom. The Hall–Kier alpha value is -1.80. The second kappa shape index (κ2) is 10.0. The first-order chi connectivity index (χ1) is 14.3. The van der Waals surface area contributed by atoms with E-state index >= 15 is 0 Å². The fourth-order valence-electron chi connectivity index (χ4n) is 3.42. The summed E-state index contributed by atoms with van der Waals surface area (Å²) >= 11 is 12.0. The van der Waals surface area contributed by atoms with E-state index in [0.29, 0.717) is 53.0 Å². The molecule has 6 nitrogen and oxygen atoms in total. The minimum absolute atomic E-state index is 0.135. The molecule has 1 aliphatic heterocycles. The van der Waals surface area contributed by atoms with Crippen LogP contribution in [-0.4, -0.2) is 38.3 Å². The third-order valence-corrected chi connectivity index (χ3v) is 7.33. The zero-order valence-electron chi connectivity index (χ0n) is 16.6. The highest BCUT2D eigenvalue weighted by Crippen LogP contribution is 2.28. The summed E-state index contributed by atoms with van der Waals surface area (Å²) in [6.07, 6.45) is 1.23. The molecular weight excluding hydrogens is 447 g/mol. The average molecular weight is 471 g/mol. The molecular formula is C21H24Cl2N2O4S. The van der Waals surface area contributed by atoms with Crippen molar-refractivity contribution < 1.29 is 17.9 Å². The van der Waals surface area contributed by atoms with Crippen molar-refractivity contribution in [1.29, 1.82) is 0 Å².